The quantitative estimate of drug-likeness (QED) is 0.847. The number of carbonyl (C=O) groups excluding carboxylic acids is 2. The Hall–Kier alpha value is -2.24. The Morgan fingerprint density at radius 3 is 2.56 bits per heavy atom. The second kappa shape index (κ2) is 8.23. The van der Waals surface area contributed by atoms with Crippen LogP contribution in [0.4, 0.5) is 4.79 Å². The van der Waals surface area contributed by atoms with Crippen LogP contribution in [0.2, 0.25) is 0 Å². The van der Waals surface area contributed by atoms with Crippen LogP contribution in [0.5, 0.6) is 5.75 Å². The van der Waals surface area contributed by atoms with E-state index in [1.807, 2.05) is 12.1 Å². The Labute approximate surface area is 149 Å². The zero-order valence-electron chi connectivity index (χ0n) is 14.9. The minimum absolute atomic E-state index is 0.0691. The lowest BCUT2D eigenvalue weighted by Crippen LogP contribution is -2.53. The number of urea groups is 1. The van der Waals surface area contributed by atoms with Crippen molar-refractivity contribution >= 4 is 11.9 Å². The maximum atomic E-state index is 12.2. The first-order valence-corrected chi connectivity index (χ1v) is 9.17. The summed E-state index contributed by atoms with van der Waals surface area (Å²) in [7, 11) is 0. The van der Waals surface area contributed by atoms with Gasteiger partial charge in [-0.05, 0) is 42.9 Å². The number of hydrogen-bond acceptors (Lipinski definition) is 3. The van der Waals surface area contributed by atoms with Gasteiger partial charge in [-0.2, -0.15) is 0 Å². The Balaban J connectivity index is 1.40. The summed E-state index contributed by atoms with van der Waals surface area (Å²) in [5, 5.41) is 2.91. The number of rotatable bonds is 4. The van der Waals surface area contributed by atoms with Gasteiger partial charge in [-0.3, -0.25) is 4.79 Å². The number of ether oxygens (including phenoxy) is 1. The van der Waals surface area contributed by atoms with E-state index in [4.69, 9.17) is 4.74 Å². The summed E-state index contributed by atoms with van der Waals surface area (Å²) >= 11 is 0. The van der Waals surface area contributed by atoms with Gasteiger partial charge in [0.1, 0.15) is 12.4 Å². The molecule has 1 saturated heterocycles. The first kappa shape index (κ1) is 17.6. The zero-order chi connectivity index (χ0) is 17.6. The van der Waals surface area contributed by atoms with Crippen LogP contribution in [0, 0.1) is 0 Å². The molecule has 1 N–H and O–H groups in total. The fourth-order valence-electron chi connectivity index (χ4n) is 3.54. The average molecular weight is 345 g/mol. The molecule has 1 aromatic carbocycles. The van der Waals surface area contributed by atoms with E-state index >= 15 is 0 Å². The van der Waals surface area contributed by atoms with Crippen molar-refractivity contribution in [2.75, 3.05) is 39.3 Å². The van der Waals surface area contributed by atoms with Crippen molar-refractivity contribution in [3.8, 4) is 5.75 Å². The van der Waals surface area contributed by atoms with Gasteiger partial charge in [-0.15, -0.1) is 0 Å². The van der Waals surface area contributed by atoms with E-state index in [2.05, 4.69) is 11.4 Å². The molecule has 1 heterocycles. The highest BCUT2D eigenvalue weighted by Gasteiger charge is 2.22. The highest BCUT2D eigenvalue weighted by atomic mass is 16.5. The normalized spacial score (nSPS) is 17.0. The summed E-state index contributed by atoms with van der Waals surface area (Å²) in [5.41, 5.74) is 2.73. The van der Waals surface area contributed by atoms with E-state index in [0.717, 1.165) is 18.6 Å². The third kappa shape index (κ3) is 4.44. The molecular weight excluding hydrogens is 318 g/mol. The molecule has 3 amide bonds. The van der Waals surface area contributed by atoms with Crippen LogP contribution in [0.1, 0.15) is 30.9 Å². The molecule has 2 aliphatic rings. The number of nitrogens with one attached hydrogen (secondary N) is 1. The fraction of sp³-hybridized carbons (Fsp3) is 0.579. The molecule has 0 bridgehead atoms. The standard InChI is InChI=1S/C19H27N3O3/c1-15(23)21-10-12-22(13-11-21)19(24)20-9-14-25-18-8-4-6-16-5-2-3-7-17(16)18/h4,6,8H,2-3,5,7,9-14H2,1H3,(H,20,24). The molecule has 1 aliphatic heterocycles. The second-order valence-corrected chi connectivity index (χ2v) is 6.67. The molecule has 6 nitrogen and oxygen atoms in total. The molecular formula is C19H27N3O3. The monoisotopic (exact) mass is 345 g/mol. The molecule has 1 aromatic rings. The second-order valence-electron chi connectivity index (χ2n) is 6.67. The van der Waals surface area contributed by atoms with Crippen LogP contribution in [-0.4, -0.2) is 61.1 Å². The minimum atomic E-state index is -0.0816. The molecule has 0 saturated carbocycles. The predicted octanol–water partition coefficient (Wildman–Crippen LogP) is 1.82. The zero-order valence-corrected chi connectivity index (χ0v) is 14.9. The Bertz CT molecular complexity index is 624. The van der Waals surface area contributed by atoms with Crippen molar-refractivity contribution in [2.45, 2.75) is 32.6 Å². The lowest BCUT2D eigenvalue weighted by molar-refractivity contribution is -0.130. The van der Waals surface area contributed by atoms with E-state index in [9.17, 15) is 9.59 Å². The maximum absolute atomic E-state index is 12.2. The van der Waals surface area contributed by atoms with Gasteiger partial charge in [0.05, 0.1) is 6.54 Å². The van der Waals surface area contributed by atoms with Crippen molar-refractivity contribution in [3.05, 3.63) is 29.3 Å². The van der Waals surface area contributed by atoms with Crippen LogP contribution in [-0.2, 0) is 17.6 Å². The van der Waals surface area contributed by atoms with Crippen LogP contribution < -0.4 is 10.1 Å². The molecule has 25 heavy (non-hydrogen) atoms. The Morgan fingerprint density at radius 1 is 1.08 bits per heavy atom. The SMILES string of the molecule is CC(=O)N1CCN(C(=O)NCCOc2cccc3c2CCCC3)CC1. The van der Waals surface area contributed by atoms with Gasteiger partial charge in [-0.1, -0.05) is 12.1 Å². The van der Waals surface area contributed by atoms with Gasteiger partial charge in [0, 0.05) is 33.1 Å². The largest absolute Gasteiger partial charge is 0.491 e. The van der Waals surface area contributed by atoms with Crippen LogP contribution in [0.15, 0.2) is 18.2 Å². The molecule has 0 radical (unpaired) electrons. The van der Waals surface area contributed by atoms with Crippen LogP contribution >= 0.6 is 0 Å². The van der Waals surface area contributed by atoms with Crippen molar-refractivity contribution < 1.29 is 14.3 Å². The van der Waals surface area contributed by atoms with Gasteiger partial charge < -0.3 is 19.9 Å². The highest BCUT2D eigenvalue weighted by molar-refractivity contribution is 5.76. The highest BCUT2D eigenvalue weighted by Crippen LogP contribution is 2.29. The van der Waals surface area contributed by atoms with E-state index in [0.29, 0.717) is 39.3 Å². The molecule has 1 fully saturated rings. The third-order valence-electron chi connectivity index (χ3n) is 5.00. The summed E-state index contributed by atoms with van der Waals surface area (Å²) in [6.07, 6.45) is 4.69. The number of hydrogen-bond donors (Lipinski definition) is 1. The topological polar surface area (TPSA) is 61.9 Å². The number of fused-ring (bicyclic) bond motifs is 1. The smallest absolute Gasteiger partial charge is 0.317 e. The van der Waals surface area contributed by atoms with Crippen LogP contribution in [0.25, 0.3) is 0 Å². The molecule has 0 spiro atoms. The van der Waals surface area contributed by atoms with Crippen molar-refractivity contribution in [2.24, 2.45) is 0 Å². The Morgan fingerprint density at radius 2 is 1.80 bits per heavy atom. The lowest BCUT2D eigenvalue weighted by Gasteiger charge is -2.34. The molecule has 136 valence electrons. The van der Waals surface area contributed by atoms with Crippen molar-refractivity contribution in [1.29, 1.82) is 0 Å². The number of nitrogens with zero attached hydrogens (tertiary/aromatic N) is 2. The van der Waals surface area contributed by atoms with Gasteiger partial charge in [-0.25, -0.2) is 4.79 Å². The first-order chi connectivity index (χ1) is 12.1. The van der Waals surface area contributed by atoms with E-state index in [1.165, 1.54) is 24.0 Å². The number of amides is 3. The first-order valence-electron chi connectivity index (χ1n) is 9.17. The van der Waals surface area contributed by atoms with Gasteiger partial charge in [0.2, 0.25) is 5.91 Å². The molecule has 0 aromatic heterocycles. The van der Waals surface area contributed by atoms with Gasteiger partial charge >= 0.3 is 6.03 Å². The van der Waals surface area contributed by atoms with E-state index < -0.39 is 0 Å². The van der Waals surface area contributed by atoms with Crippen LogP contribution in [0.3, 0.4) is 0 Å². The van der Waals surface area contributed by atoms with Crippen molar-refractivity contribution in [3.63, 3.8) is 0 Å². The summed E-state index contributed by atoms with van der Waals surface area (Å²) in [6, 6.07) is 6.17. The summed E-state index contributed by atoms with van der Waals surface area (Å²) in [6.45, 7) is 4.89. The fourth-order valence-corrected chi connectivity index (χ4v) is 3.54. The van der Waals surface area contributed by atoms with E-state index in [-0.39, 0.29) is 11.9 Å². The van der Waals surface area contributed by atoms with Crippen molar-refractivity contribution in [1.82, 2.24) is 15.1 Å². The number of carbonyl (C=O) groups is 2. The van der Waals surface area contributed by atoms with Gasteiger partial charge in [0.15, 0.2) is 0 Å². The summed E-state index contributed by atoms with van der Waals surface area (Å²) in [5.74, 6) is 1.03. The maximum Gasteiger partial charge on any atom is 0.317 e. The average Bonchev–Trinajstić information content (AvgIpc) is 2.65. The summed E-state index contributed by atoms with van der Waals surface area (Å²) in [4.78, 5) is 27.0. The molecule has 1 aliphatic carbocycles. The molecule has 6 heteroatoms. The third-order valence-corrected chi connectivity index (χ3v) is 5.00. The van der Waals surface area contributed by atoms with Gasteiger partial charge in [0.25, 0.3) is 0 Å². The number of benzene rings is 1. The van der Waals surface area contributed by atoms with E-state index in [1.54, 1.807) is 16.7 Å². The molecule has 3 rings (SSSR count). The predicted molar refractivity (Wildman–Crippen MR) is 95.8 cm³/mol. The summed E-state index contributed by atoms with van der Waals surface area (Å²) < 4.78 is 5.90. The molecule has 0 atom stereocenters. The number of aryl methyl sites for hydroxylation is 1. The Kier molecular flexibility index (Phi) is 5.79. The lowest BCUT2D eigenvalue weighted by atomic mass is 9.91. The number of piperazine rings is 1. The molecule has 0 unspecified atom stereocenters. The minimum Gasteiger partial charge on any atom is -0.491 e.